The number of imidazole rings is 1. The molecular weight excluding hydrogens is 450 g/mol. The van der Waals surface area contributed by atoms with Crippen LogP contribution in [0.5, 0.6) is 0 Å². The third-order valence-corrected chi connectivity index (χ3v) is 6.81. The highest BCUT2D eigenvalue weighted by Gasteiger charge is 2.40. The zero-order chi connectivity index (χ0) is 24.5. The SMILES string of the molecule is O=C(O)NC1(c2ccc(-n3c(-c4ccccc4)nc4ccc(Nc5ccccc5)nc43)cc2)CCC1. The number of anilines is 2. The number of aromatic nitrogens is 3. The highest BCUT2D eigenvalue weighted by atomic mass is 16.4. The summed E-state index contributed by atoms with van der Waals surface area (Å²) < 4.78 is 2.06. The number of amides is 1. The number of nitrogens with one attached hydrogen (secondary N) is 2. The first-order chi connectivity index (χ1) is 17.6. The van der Waals surface area contributed by atoms with Crippen LogP contribution < -0.4 is 10.6 Å². The molecule has 0 aliphatic heterocycles. The summed E-state index contributed by atoms with van der Waals surface area (Å²) in [6, 6.07) is 32.0. The molecule has 1 aliphatic carbocycles. The van der Waals surface area contributed by atoms with Crippen LogP contribution in [0.15, 0.2) is 97.1 Å². The molecule has 0 unspecified atom stereocenters. The fraction of sp³-hybridized carbons (Fsp3) is 0.138. The third-order valence-electron chi connectivity index (χ3n) is 6.81. The summed E-state index contributed by atoms with van der Waals surface area (Å²) in [6.45, 7) is 0. The molecule has 3 aromatic carbocycles. The number of benzene rings is 3. The van der Waals surface area contributed by atoms with Gasteiger partial charge in [0.25, 0.3) is 0 Å². The Morgan fingerprint density at radius 1 is 0.833 bits per heavy atom. The summed E-state index contributed by atoms with van der Waals surface area (Å²) in [5, 5.41) is 15.5. The van der Waals surface area contributed by atoms with Crippen LogP contribution in [0.3, 0.4) is 0 Å². The van der Waals surface area contributed by atoms with Crippen LogP contribution in [0.2, 0.25) is 0 Å². The molecule has 1 aliphatic rings. The monoisotopic (exact) mass is 475 g/mol. The summed E-state index contributed by atoms with van der Waals surface area (Å²) in [6.07, 6.45) is 1.62. The van der Waals surface area contributed by atoms with Crippen molar-refractivity contribution in [2.24, 2.45) is 0 Å². The van der Waals surface area contributed by atoms with Crippen LogP contribution in [0.1, 0.15) is 24.8 Å². The maximum atomic E-state index is 11.4. The van der Waals surface area contributed by atoms with E-state index in [4.69, 9.17) is 9.97 Å². The second-order valence-corrected chi connectivity index (χ2v) is 9.08. The molecule has 36 heavy (non-hydrogen) atoms. The van der Waals surface area contributed by atoms with E-state index in [1.54, 1.807) is 0 Å². The average Bonchev–Trinajstić information content (AvgIpc) is 3.26. The Morgan fingerprint density at radius 2 is 1.53 bits per heavy atom. The lowest BCUT2D eigenvalue weighted by Crippen LogP contribution is -2.50. The van der Waals surface area contributed by atoms with Gasteiger partial charge in [-0.05, 0) is 61.2 Å². The molecule has 6 rings (SSSR count). The number of carboxylic acid groups (broad SMARTS) is 1. The van der Waals surface area contributed by atoms with Crippen molar-refractivity contribution in [2.75, 3.05) is 5.32 Å². The molecule has 3 N–H and O–H groups in total. The Hall–Kier alpha value is -4.65. The van der Waals surface area contributed by atoms with Crippen LogP contribution in [0, 0.1) is 0 Å². The van der Waals surface area contributed by atoms with Gasteiger partial charge in [-0.3, -0.25) is 4.57 Å². The van der Waals surface area contributed by atoms with Crippen molar-refractivity contribution in [1.29, 1.82) is 0 Å². The largest absolute Gasteiger partial charge is 0.465 e. The van der Waals surface area contributed by atoms with Gasteiger partial charge >= 0.3 is 6.09 Å². The molecule has 7 nitrogen and oxygen atoms in total. The Bertz CT molecular complexity index is 1530. The molecular formula is C29H25N5O2. The molecule has 5 aromatic rings. The number of rotatable bonds is 6. The van der Waals surface area contributed by atoms with Gasteiger partial charge in [0.2, 0.25) is 0 Å². The Kier molecular flexibility index (Phi) is 5.37. The van der Waals surface area contributed by atoms with Gasteiger partial charge in [0, 0.05) is 16.9 Å². The number of pyridine rings is 1. The summed E-state index contributed by atoms with van der Waals surface area (Å²) in [5.74, 6) is 1.52. The molecule has 1 amide bonds. The van der Waals surface area contributed by atoms with E-state index < -0.39 is 11.6 Å². The van der Waals surface area contributed by atoms with Crippen molar-refractivity contribution in [3.8, 4) is 17.1 Å². The predicted octanol–water partition coefficient (Wildman–Crippen LogP) is 6.48. The summed E-state index contributed by atoms with van der Waals surface area (Å²) in [5.41, 5.74) is 4.86. The summed E-state index contributed by atoms with van der Waals surface area (Å²) in [7, 11) is 0. The Labute approximate surface area is 208 Å². The number of hydrogen-bond donors (Lipinski definition) is 3. The number of fused-ring (bicyclic) bond motifs is 1. The minimum atomic E-state index is -0.992. The average molecular weight is 476 g/mol. The fourth-order valence-corrected chi connectivity index (χ4v) is 4.87. The lowest BCUT2D eigenvalue weighted by atomic mass is 9.72. The molecule has 0 saturated heterocycles. The molecule has 0 bridgehead atoms. The van der Waals surface area contributed by atoms with E-state index in [1.165, 1.54) is 0 Å². The first-order valence-electron chi connectivity index (χ1n) is 12.0. The van der Waals surface area contributed by atoms with Gasteiger partial charge in [0.1, 0.15) is 17.2 Å². The van der Waals surface area contributed by atoms with Crippen molar-refractivity contribution in [2.45, 2.75) is 24.8 Å². The van der Waals surface area contributed by atoms with E-state index in [0.717, 1.165) is 64.6 Å². The zero-order valence-corrected chi connectivity index (χ0v) is 19.6. The minimum Gasteiger partial charge on any atom is -0.465 e. The fourth-order valence-electron chi connectivity index (χ4n) is 4.87. The van der Waals surface area contributed by atoms with Crippen LogP contribution in [0.4, 0.5) is 16.3 Å². The van der Waals surface area contributed by atoms with Crippen molar-refractivity contribution < 1.29 is 9.90 Å². The number of nitrogens with zero attached hydrogens (tertiary/aromatic N) is 3. The van der Waals surface area contributed by atoms with Gasteiger partial charge in [-0.1, -0.05) is 60.7 Å². The van der Waals surface area contributed by atoms with E-state index in [1.807, 2.05) is 97.1 Å². The quantitative estimate of drug-likeness (QED) is 0.261. The van der Waals surface area contributed by atoms with E-state index >= 15 is 0 Å². The highest BCUT2D eigenvalue weighted by molar-refractivity contribution is 5.82. The molecule has 0 radical (unpaired) electrons. The minimum absolute atomic E-state index is 0.505. The summed E-state index contributed by atoms with van der Waals surface area (Å²) >= 11 is 0. The van der Waals surface area contributed by atoms with Crippen LogP contribution >= 0.6 is 0 Å². The molecule has 2 heterocycles. The molecule has 7 heteroatoms. The van der Waals surface area contributed by atoms with Gasteiger partial charge in [0.15, 0.2) is 5.65 Å². The van der Waals surface area contributed by atoms with Gasteiger partial charge < -0.3 is 15.7 Å². The third kappa shape index (κ3) is 3.94. The number of carbonyl (C=O) groups is 1. The summed E-state index contributed by atoms with van der Waals surface area (Å²) in [4.78, 5) is 21.3. The standard InChI is InChI=1S/C29H25N5O2/c35-28(36)33-29(18-7-19-29)21-12-14-23(15-13-21)34-26(20-8-3-1-4-9-20)31-24-16-17-25(32-27(24)34)30-22-10-5-2-6-11-22/h1-6,8-17,33H,7,18-19H2,(H,30,32)(H,35,36). The molecule has 1 fully saturated rings. The molecule has 178 valence electrons. The van der Waals surface area contributed by atoms with E-state index in [9.17, 15) is 9.90 Å². The van der Waals surface area contributed by atoms with Crippen LogP contribution in [-0.4, -0.2) is 25.7 Å². The van der Waals surface area contributed by atoms with Crippen molar-refractivity contribution in [3.63, 3.8) is 0 Å². The van der Waals surface area contributed by atoms with Crippen LogP contribution in [-0.2, 0) is 5.54 Å². The van der Waals surface area contributed by atoms with E-state index in [0.29, 0.717) is 0 Å². The smallest absolute Gasteiger partial charge is 0.405 e. The Morgan fingerprint density at radius 3 is 2.17 bits per heavy atom. The maximum Gasteiger partial charge on any atom is 0.405 e. The highest BCUT2D eigenvalue weighted by Crippen LogP contribution is 2.41. The van der Waals surface area contributed by atoms with Gasteiger partial charge in [-0.2, -0.15) is 0 Å². The molecule has 2 aromatic heterocycles. The van der Waals surface area contributed by atoms with Crippen molar-refractivity contribution >= 4 is 28.8 Å². The lowest BCUT2D eigenvalue weighted by molar-refractivity contribution is 0.144. The van der Waals surface area contributed by atoms with E-state index in [2.05, 4.69) is 15.2 Å². The number of para-hydroxylation sites is 1. The maximum absolute atomic E-state index is 11.4. The van der Waals surface area contributed by atoms with E-state index in [-0.39, 0.29) is 0 Å². The lowest BCUT2D eigenvalue weighted by Gasteiger charge is -2.42. The second kappa shape index (κ2) is 8.85. The zero-order valence-electron chi connectivity index (χ0n) is 19.6. The molecule has 0 atom stereocenters. The van der Waals surface area contributed by atoms with Gasteiger partial charge in [-0.25, -0.2) is 14.8 Å². The normalized spacial score (nSPS) is 14.2. The van der Waals surface area contributed by atoms with Crippen molar-refractivity contribution in [3.05, 3.63) is 103 Å². The predicted molar refractivity (Wildman–Crippen MR) is 141 cm³/mol. The van der Waals surface area contributed by atoms with Gasteiger partial charge in [0.05, 0.1) is 5.54 Å². The second-order valence-electron chi connectivity index (χ2n) is 9.08. The Balaban J connectivity index is 1.46. The van der Waals surface area contributed by atoms with Crippen LogP contribution in [0.25, 0.3) is 28.2 Å². The first-order valence-corrected chi connectivity index (χ1v) is 12.0. The van der Waals surface area contributed by atoms with Crippen molar-refractivity contribution in [1.82, 2.24) is 19.9 Å². The first kappa shape index (κ1) is 21.9. The topological polar surface area (TPSA) is 92.1 Å². The number of hydrogen-bond acceptors (Lipinski definition) is 4. The molecule has 1 saturated carbocycles. The molecule has 0 spiro atoms. The van der Waals surface area contributed by atoms with Gasteiger partial charge in [-0.15, -0.1) is 0 Å².